The van der Waals surface area contributed by atoms with Crippen LogP contribution >= 0.6 is 22.9 Å². The summed E-state index contributed by atoms with van der Waals surface area (Å²) in [5, 5.41) is 10.4. The molecular weight excluding hydrogens is 555 g/mol. The van der Waals surface area contributed by atoms with Gasteiger partial charge in [0.1, 0.15) is 11.4 Å². The number of alkyl halides is 3. The number of pyridine rings is 1. The molecule has 0 spiro atoms. The van der Waals surface area contributed by atoms with Crippen LogP contribution in [0.4, 0.5) is 18.3 Å². The smallest absolute Gasteiger partial charge is 0.416 e. The SMILES string of the molecule is Cc1nnc(Cn2cc(-c3cc(C(F)(F)F)ccc3Cl)c(C(=O)Nc3nc(C)c(C#CC4CC4)s3)cc2=O)o1. The molecule has 0 radical (unpaired) electrons. The van der Waals surface area contributed by atoms with Crippen LogP contribution in [0, 0.1) is 31.6 Å². The van der Waals surface area contributed by atoms with E-state index >= 15 is 0 Å². The number of benzene rings is 1. The molecule has 0 unspecified atom stereocenters. The van der Waals surface area contributed by atoms with Crippen molar-refractivity contribution < 1.29 is 22.4 Å². The van der Waals surface area contributed by atoms with E-state index in [0.717, 1.165) is 41.7 Å². The van der Waals surface area contributed by atoms with Crippen LogP contribution in [0.15, 0.2) is 39.7 Å². The summed E-state index contributed by atoms with van der Waals surface area (Å²) in [6.45, 7) is 3.17. The summed E-state index contributed by atoms with van der Waals surface area (Å²) in [7, 11) is 0. The number of thiazole rings is 1. The molecule has 1 amide bonds. The molecule has 1 saturated carbocycles. The molecule has 1 fully saturated rings. The molecule has 0 atom stereocenters. The first-order valence-electron chi connectivity index (χ1n) is 11.7. The van der Waals surface area contributed by atoms with E-state index in [1.54, 1.807) is 13.8 Å². The van der Waals surface area contributed by atoms with Crippen molar-refractivity contribution in [1.82, 2.24) is 19.7 Å². The van der Waals surface area contributed by atoms with Gasteiger partial charge in [0.2, 0.25) is 11.8 Å². The fraction of sp³-hybridized carbons (Fsp3) is 0.269. The van der Waals surface area contributed by atoms with Crippen molar-refractivity contribution in [3.05, 3.63) is 79.3 Å². The van der Waals surface area contributed by atoms with Crippen LogP contribution in [0.2, 0.25) is 5.02 Å². The second-order valence-corrected chi connectivity index (χ2v) is 10.3. The number of halogens is 4. The molecule has 200 valence electrons. The summed E-state index contributed by atoms with van der Waals surface area (Å²) >= 11 is 7.48. The van der Waals surface area contributed by atoms with Gasteiger partial charge in [-0.2, -0.15) is 13.2 Å². The molecule has 1 aliphatic carbocycles. The quantitative estimate of drug-likeness (QED) is 0.307. The van der Waals surface area contributed by atoms with Crippen molar-refractivity contribution in [2.45, 2.75) is 39.4 Å². The summed E-state index contributed by atoms with van der Waals surface area (Å²) in [6.07, 6.45) is -1.29. The maximum atomic E-state index is 13.5. The Labute approximate surface area is 228 Å². The minimum atomic E-state index is -4.66. The van der Waals surface area contributed by atoms with Crippen LogP contribution in [0.1, 0.15) is 51.1 Å². The van der Waals surface area contributed by atoms with Crippen molar-refractivity contribution in [3.8, 4) is 23.0 Å². The van der Waals surface area contributed by atoms with Gasteiger partial charge >= 0.3 is 6.18 Å². The molecule has 4 aromatic rings. The van der Waals surface area contributed by atoms with Crippen LogP contribution in [0.3, 0.4) is 0 Å². The van der Waals surface area contributed by atoms with Crippen LogP contribution in [0.25, 0.3) is 11.1 Å². The van der Waals surface area contributed by atoms with Crippen LogP contribution in [0.5, 0.6) is 0 Å². The molecule has 1 N–H and O–H groups in total. The minimum Gasteiger partial charge on any atom is -0.424 e. The highest BCUT2D eigenvalue weighted by Gasteiger charge is 2.32. The van der Waals surface area contributed by atoms with E-state index in [2.05, 4.69) is 32.3 Å². The Kier molecular flexibility index (Phi) is 7.05. The van der Waals surface area contributed by atoms with Crippen LogP contribution in [-0.4, -0.2) is 25.7 Å². The predicted octanol–water partition coefficient (Wildman–Crippen LogP) is 5.71. The molecule has 3 aromatic heterocycles. The van der Waals surface area contributed by atoms with Gasteiger partial charge in [-0.15, -0.1) is 10.2 Å². The zero-order valence-electron chi connectivity index (χ0n) is 20.5. The van der Waals surface area contributed by atoms with Crippen LogP contribution in [-0.2, 0) is 12.7 Å². The maximum Gasteiger partial charge on any atom is 0.416 e. The van der Waals surface area contributed by atoms with E-state index in [0.29, 0.717) is 16.5 Å². The van der Waals surface area contributed by atoms with E-state index in [9.17, 15) is 22.8 Å². The summed E-state index contributed by atoms with van der Waals surface area (Å²) in [5.74, 6) is 6.23. The minimum absolute atomic E-state index is 0.00136. The summed E-state index contributed by atoms with van der Waals surface area (Å²) in [5.41, 5.74) is -1.21. The first kappa shape index (κ1) is 26.6. The first-order chi connectivity index (χ1) is 18.5. The van der Waals surface area contributed by atoms with Crippen molar-refractivity contribution in [2.24, 2.45) is 5.92 Å². The third-order valence-electron chi connectivity index (χ3n) is 5.81. The molecule has 3 heterocycles. The van der Waals surface area contributed by atoms with Crippen molar-refractivity contribution >= 4 is 34.0 Å². The van der Waals surface area contributed by atoms with Crippen LogP contribution < -0.4 is 10.9 Å². The lowest BCUT2D eigenvalue weighted by atomic mass is 9.99. The number of hydrogen-bond acceptors (Lipinski definition) is 7. The highest BCUT2D eigenvalue weighted by molar-refractivity contribution is 7.16. The molecule has 5 rings (SSSR count). The fourth-order valence-electron chi connectivity index (χ4n) is 3.68. The van der Waals surface area contributed by atoms with E-state index in [1.807, 2.05) is 0 Å². The highest BCUT2D eigenvalue weighted by atomic mass is 35.5. The first-order valence-corrected chi connectivity index (χ1v) is 12.9. The normalized spacial score (nSPS) is 13.2. The van der Waals surface area contributed by atoms with Gasteiger partial charge < -0.3 is 8.98 Å². The van der Waals surface area contributed by atoms with E-state index in [4.69, 9.17) is 16.0 Å². The van der Waals surface area contributed by atoms with Gasteiger partial charge in [-0.25, -0.2) is 4.98 Å². The number of anilines is 1. The summed E-state index contributed by atoms with van der Waals surface area (Å²) in [4.78, 5) is 31.4. The van der Waals surface area contributed by atoms with Gasteiger partial charge in [-0.1, -0.05) is 34.8 Å². The summed E-state index contributed by atoms with van der Waals surface area (Å²) in [6, 6.07) is 3.79. The Bertz CT molecular complexity index is 1710. The molecule has 1 aromatic carbocycles. The highest BCUT2D eigenvalue weighted by Crippen LogP contribution is 2.37. The molecule has 39 heavy (non-hydrogen) atoms. The predicted molar refractivity (Wildman–Crippen MR) is 139 cm³/mol. The lowest BCUT2D eigenvalue weighted by molar-refractivity contribution is -0.137. The standard InChI is InChI=1S/C26H19ClF3N5O3S/c1-13-21(8-5-15-3-4-15)39-25(31-13)32-24(37)18-10-23(36)35(12-22-34-33-14(2)38-22)11-19(18)17-9-16(26(28,29)30)6-7-20(17)27/h6-7,9-11,15H,3-4,12H2,1-2H3,(H,31,32,37). The number of nitrogens with one attached hydrogen (secondary N) is 1. The second kappa shape index (κ2) is 10.3. The third-order valence-corrected chi connectivity index (χ3v) is 7.13. The zero-order chi connectivity index (χ0) is 27.9. The van der Waals surface area contributed by atoms with Gasteiger partial charge in [0.25, 0.3) is 11.5 Å². The number of aromatic nitrogens is 4. The monoisotopic (exact) mass is 573 g/mol. The molecule has 0 bridgehead atoms. The number of aryl methyl sites for hydroxylation is 2. The van der Waals surface area contributed by atoms with Gasteiger partial charge in [0, 0.05) is 41.3 Å². The molecular formula is C26H19ClF3N5O3S. The number of carbonyl (C=O) groups excluding carboxylic acids is 1. The topological polar surface area (TPSA) is 103 Å². The van der Waals surface area contributed by atoms with Crippen molar-refractivity contribution in [2.75, 3.05) is 5.32 Å². The van der Waals surface area contributed by atoms with Gasteiger partial charge in [0.15, 0.2) is 5.13 Å². The maximum absolute atomic E-state index is 13.5. The second-order valence-electron chi connectivity index (χ2n) is 8.91. The number of carbonyl (C=O) groups is 1. The van der Waals surface area contributed by atoms with Gasteiger partial charge in [0.05, 0.1) is 16.8 Å². The lowest BCUT2D eigenvalue weighted by Crippen LogP contribution is -2.24. The van der Waals surface area contributed by atoms with E-state index in [-0.39, 0.29) is 45.2 Å². The Morgan fingerprint density at radius 3 is 2.67 bits per heavy atom. The number of nitrogens with zero attached hydrogens (tertiary/aromatic N) is 4. The van der Waals surface area contributed by atoms with Gasteiger partial charge in [-0.05, 0) is 38.0 Å². The number of hydrogen-bond donors (Lipinski definition) is 1. The average Bonchev–Trinajstić information content (AvgIpc) is 3.51. The Balaban J connectivity index is 1.57. The number of rotatable bonds is 5. The molecule has 8 nitrogen and oxygen atoms in total. The Morgan fingerprint density at radius 2 is 2.00 bits per heavy atom. The number of amides is 1. The fourth-order valence-corrected chi connectivity index (χ4v) is 4.72. The summed E-state index contributed by atoms with van der Waals surface area (Å²) < 4.78 is 47.1. The van der Waals surface area contributed by atoms with E-state index < -0.39 is 23.2 Å². The molecule has 13 heteroatoms. The molecule has 0 saturated heterocycles. The zero-order valence-corrected chi connectivity index (χ0v) is 22.1. The van der Waals surface area contributed by atoms with Crippen molar-refractivity contribution in [3.63, 3.8) is 0 Å². The van der Waals surface area contributed by atoms with Crippen molar-refractivity contribution in [1.29, 1.82) is 0 Å². The molecule has 0 aliphatic heterocycles. The Hall–Kier alpha value is -3.95. The Morgan fingerprint density at radius 1 is 1.23 bits per heavy atom. The average molecular weight is 574 g/mol. The lowest BCUT2D eigenvalue weighted by Gasteiger charge is -2.15. The molecule has 1 aliphatic rings. The largest absolute Gasteiger partial charge is 0.424 e. The third kappa shape index (κ3) is 6.05. The van der Waals surface area contributed by atoms with E-state index in [1.165, 1.54) is 17.5 Å². The van der Waals surface area contributed by atoms with Gasteiger partial charge in [-0.3, -0.25) is 14.9 Å².